The molecule has 2 aromatic carbocycles. The number of esters is 1. The maximum Gasteiger partial charge on any atom is 0.338 e. The lowest BCUT2D eigenvalue weighted by molar-refractivity contribution is 0.0526. The van der Waals surface area contributed by atoms with Crippen LogP contribution in [0.5, 0.6) is 0 Å². The van der Waals surface area contributed by atoms with E-state index in [1.807, 2.05) is 31.2 Å². The van der Waals surface area contributed by atoms with Gasteiger partial charge in [-0.3, -0.25) is 4.79 Å². The maximum absolute atomic E-state index is 12.4. The van der Waals surface area contributed by atoms with Crippen LogP contribution in [-0.2, 0) is 4.74 Å². The molecule has 1 amide bonds. The number of amides is 1. The number of nitrogens with one attached hydrogen (secondary N) is 2. The second-order valence-electron chi connectivity index (χ2n) is 6.03. The van der Waals surface area contributed by atoms with E-state index < -0.39 is 0 Å². The fourth-order valence-corrected chi connectivity index (χ4v) is 2.52. The SMILES string of the molecule is CCOC(=O)c1ccc(Nc2cc(C(=O)Nc3cccc(C)c3)ncn2)cc1. The van der Waals surface area contributed by atoms with Gasteiger partial charge in [0, 0.05) is 17.4 Å². The molecule has 0 saturated carbocycles. The lowest BCUT2D eigenvalue weighted by Crippen LogP contribution is -2.14. The predicted molar refractivity (Wildman–Crippen MR) is 107 cm³/mol. The van der Waals surface area contributed by atoms with Gasteiger partial charge in [0.15, 0.2) is 0 Å². The second kappa shape index (κ2) is 8.77. The summed E-state index contributed by atoms with van der Waals surface area (Å²) in [5, 5.41) is 5.90. The highest BCUT2D eigenvalue weighted by Gasteiger charge is 2.10. The molecule has 0 aliphatic heterocycles. The number of carbonyl (C=O) groups is 2. The first kappa shape index (κ1) is 19.0. The number of hydrogen-bond acceptors (Lipinski definition) is 6. The Hall–Kier alpha value is -3.74. The van der Waals surface area contributed by atoms with Gasteiger partial charge >= 0.3 is 5.97 Å². The molecule has 1 heterocycles. The molecule has 0 aliphatic rings. The number of carbonyl (C=O) groups excluding carboxylic acids is 2. The summed E-state index contributed by atoms with van der Waals surface area (Å²) in [6.45, 7) is 4.04. The van der Waals surface area contributed by atoms with E-state index >= 15 is 0 Å². The van der Waals surface area contributed by atoms with E-state index in [4.69, 9.17) is 4.74 Å². The molecular formula is C21H20N4O3. The van der Waals surface area contributed by atoms with Gasteiger partial charge in [-0.15, -0.1) is 0 Å². The summed E-state index contributed by atoms with van der Waals surface area (Å²) in [5.41, 5.74) is 3.18. The molecule has 0 atom stereocenters. The van der Waals surface area contributed by atoms with Gasteiger partial charge in [-0.1, -0.05) is 12.1 Å². The minimum Gasteiger partial charge on any atom is -0.462 e. The fraction of sp³-hybridized carbons (Fsp3) is 0.143. The minimum atomic E-state index is -0.369. The number of rotatable bonds is 6. The Labute approximate surface area is 162 Å². The van der Waals surface area contributed by atoms with Crippen molar-refractivity contribution in [2.75, 3.05) is 17.2 Å². The van der Waals surface area contributed by atoms with Crippen LogP contribution in [0.15, 0.2) is 60.9 Å². The van der Waals surface area contributed by atoms with Gasteiger partial charge in [0.2, 0.25) is 0 Å². The lowest BCUT2D eigenvalue weighted by Gasteiger charge is -2.09. The standard InChI is InChI=1S/C21H20N4O3/c1-3-28-21(27)15-7-9-16(10-8-15)24-19-12-18(22-13-23-19)20(26)25-17-6-4-5-14(2)11-17/h4-13H,3H2,1-2H3,(H,25,26)(H,22,23,24). The summed E-state index contributed by atoms with van der Waals surface area (Å²) in [7, 11) is 0. The topological polar surface area (TPSA) is 93.2 Å². The molecule has 7 nitrogen and oxygen atoms in total. The monoisotopic (exact) mass is 376 g/mol. The number of anilines is 3. The Morgan fingerprint density at radius 1 is 1.00 bits per heavy atom. The van der Waals surface area contributed by atoms with Crippen molar-refractivity contribution < 1.29 is 14.3 Å². The Balaban J connectivity index is 1.69. The molecule has 0 saturated heterocycles. The average molecular weight is 376 g/mol. The Morgan fingerprint density at radius 3 is 2.50 bits per heavy atom. The zero-order chi connectivity index (χ0) is 19.9. The van der Waals surface area contributed by atoms with E-state index in [1.165, 1.54) is 6.33 Å². The third kappa shape index (κ3) is 4.91. The van der Waals surface area contributed by atoms with Crippen LogP contribution in [-0.4, -0.2) is 28.5 Å². The first-order valence-electron chi connectivity index (χ1n) is 8.79. The fourth-order valence-electron chi connectivity index (χ4n) is 2.52. The molecule has 0 spiro atoms. The smallest absolute Gasteiger partial charge is 0.338 e. The van der Waals surface area contributed by atoms with Crippen molar-refractivity contribution in [3.63, 3.8) is 0 Å². The summed E-state index contributed by atoms with van der Waals surface area (Å²) in [4.78, 5) is 32.3. The molecule has 2 N–H and O–H groups in total. The van der Waals surface area contributed by atoms with Crippen molar-refractivity contribution in [2.45, 2.75) is 13.8 Å². The largest absolute Gasteiger partial charge is 0.462 e. The van der Waals surface area contributed by atoms with E-state index in [0.717, 1.165) is 11.3 Å². The van der Waals surface area contributed by atoms with Gasteiger partial charge < -0.3 is 15.4 Å². The molecule has 0 bridgehead atoms. The summed E-state index contributed by atoms with van der Waals surface area (Å²) < 4.78 is 4.96. The highest BCUT2D eigenvalue weighted by atomic mass is 16.5. The number of benzene rings is 2. The van der Waals surface area contributed by atoms with Crippen LogP contribution < -0.4 is 10.6 Å². The van der Waals surface area contributed by atoms with Crippen molar-refractivity contribution in [3.05, 3.63) is 77.7 Å². The van der Waals surface area contributed by atoms with Crippen molar-refractivity contribution in [3.8, 4) is 0 Å². The number of ether oxygens (including phenoxy) is 1. The molecule has 0 aliphatic carbocycles. The molecule has 1 aromatic heterocycles. The van der Waals surface area contributed by atoms with Crippen LogP contribution in [0.3, 0.4) is 0 Å². The number of hydrogen-bond donors (Lipinski definition) is 2. The van der Waals surface area contributed by atoms with E-state index in [2.05, 4.69) is 20.6 Å². The van der Waals surface area contributed by atoms with Crippen LogP contribution in [0.2, 0.25) is 0 Å². The van der Waals surface area contributed by atoms with Crippen molar-refractivity contribution >= 4 is 29.1 Å². The van der Waals surface area contributed by atoms with Gasteiger partial charge in [0.05, 0.1) is 12.2 Å². The summed E-state index contributed by atoms with van der Waals surface area (Å²) >= 11 is 0. The molecule has 3 aromatic rings. The van der Waals surface area contributed by atoms with E-state index in [1.54, 1.807) is 37.3 Å². The second-order valence-corrected chi connectivity index (χ2v) is 6.03. The minimum absolute atomic E-state index is 0.238. The summed E-state index contributed by atoms with van der Waals surface area (Å²) in [6, 6.07) is 15.9. The normalized spacial score (nSPS) is 10.2. The molecule has 0 unspecified atom stereocenters. The highest BCUT2D eigenvalue weighted by molar-refractivity contribution is 6.03. The quantitative estimate of drug-likeness (QED) is 0.633. The van der Waals surface area contributed by atoms with Crippen LogP contribution in [0.1, 0.15) is 33.3 Å². The number of aryl methyl sites for hydroxylation is 1. The third-order valence-electron chi connectivity index (χ3n) is 3.84. The molecule has 142 valence electrons. The zero-order valence-electron chi connectivity index (χ0n) is 15.6. The number of nitrogens with zero attached hydrogens (tertiary/aromatic N) is 2. The van der Waals surface area contributed by atoms with Crippen LogP contribution >= 0.6 is 0 Å². The van der Waals surface area contributed by atoms with Crippen LogP contribution in [0.4, 0.5) is 17.2 Å². The van der Waals surface area contributed by atoms with Gasteiger partial charge in [0.1, 0.15) is 17.8 Å². The van der Waals surface area contributed by atoms with Crippen LogP contribution in [0, 0.1) is 6.92 Å². The van der Waals surface area contributed by atoms with Gasteiger partial charge in [-0.05, 0) is 55.8 Å². The Bertz CT molecular complexity index is 987. The maximum atomic E-state index is 12.4. The highest BCUT2D eigenvalue weighted by Crippen LogP contribution is 2.17. The first-order valence-corrected chi connectivity index (χ1v) is 8.79. The molecule has 0 fully saturated rings. The van der Waals surface area contributed by atoms with E-state index in [9.17, 15) is 9.59 Å². The molecular weight excluding hydrogens is 356 g/mol. The van der Waals surface area contributed by atoms with Gasteiger partial charge in [-0.25, -0.2) is 14.8 Å². The molecule has 3 rings (SSSR count). The summed E-state index contributed by atoms with van der Waals surface area (Å²) in [6.07, 6.45) is 1.32. The van der Waals surface area contributed by atoms with Gasteiger partial charge in [-0.2, -0.15) is 0 Å². The molecule has 7 heteroatoms. The number of aromatic nitrogens is 2. The molecule has 0 radical (unpaired) electrons. The summed E-state index contributed by atoms with van der Waals surface area (Å²) in [5.74, 6) is -0.229. The first-order chi connectivity index (χ1) is 13.5. The lowest BCUT2D eigenvalue weighted by atomic mass is 10.2. The Kier molecular flexibility index (Phi) is 5.96. The van der Waals surface area contributed by atoms with Gasteiger partial charge in [0.25, 0.3) is 5.91 Å². The van der Waals surface area contributed by atoms with E-state index in [0.29, 0.717) is 23.7 Å². The average Bonchev–Trinajstić information content (AvgIpc) is 2.69. The van der Waals surface area contributed by atoms with E-state index in [-0.39, 0.29) is 17.6 Å². The molecule has 28 heavy (non-hydrogen) atoms. The zero-order valence-corrected chi connectivity index (χ0v) is 15.6. The van der Waals surface area contributed by atoms with Crippen molar-refractivity contribution in [2.24, 2.45) is 0 Å². The third-order valence-corrected chi connectivity index (χ3v) is 3.84. The predicted octanol–water partition coefficient (Wildman–Crippen LogP) is 3.96. The Morgan fingerprint density at radius 2 is 1.79 bits per heavy atom. The van der Waals surface area contributed by atoms with Crippen molar-refractivity contribution in [1.82, 2.24) is 9.97 Å². The van der Waals surface area contributed by atoms with Crippen LogP contribution in [0.25, 0.3) is 0 Å². The van der Waals surface area contributed by atoms with Crippen molar-refractivity contribution in [1.29, 1.82) is 0 Å².